The van der Waals surface area contributed by atoms with Crippen molar-refractivity contribution in [3.05, 3.63) is 90.0 Å². The van der Waals surface area contributed by atoms with Crippen molar-refractivity contribution >= 4 is 27.5 Å². The van der Waals surface area contributed by atoms with E-state index >= 15 is 0 Å². The number of anilines is 1. The van der Waals surface area contributed by atoms with Gasteiger partial charge in [0.15, 0.2) is 0 Å². The normalized spacial score (nSPS) is 12.2. The van der Waals surface area contributed by atoms with Crippen LogP contribution in [-0.2, 0) is 32.6 Å². The summed E-state index contributed by atoms with van der Waals surface area (Å²) in [5.74, 6) is 0.169. The molecule has 0 unspecified atom stereocenters. The third kappa shape index (κ3) is 9.24. The van der Waals surface area contributed by atoms with Gasteiger partial charge in [0.05, 0.1) is 26.2 Å². The fourth-order valence-electron chi connectivity index (χ4n) is 4.35. The lowest BCUT2D eigenvalue weighted by molar-refractivity contribution is -0.140. The van der Waals surface area contributed by atoms with Crippen LogP contribution in [0.5, 0.6) is 11.5 Å². The molecule has 0 aliphatic heterocycles. The number of amides is 2. The molecule has 3 rings (SSSR count). The van der Waals surface area contributed by atoms with E-state index in [-0.39, 0.29) is 24.6 Å². The summed E-state index contributed by atoms with van der Waals surface area (Å²) in [5.41, 5.74) is 1.31. The Labute approximate surface area is 243 Å². The van der Waals surface area contributed by atoms with Gasteiger partial charge in [-0.3, -0.25) is 13.9 Å². The summed E-state index contributed by atoms with van der Waals surface area (Å²) in [7, 11) is -0.849. The molecule has 1 N–H and O–H groups in total. The molecular formula is C31H39N3O6S. The van der Waals surface area contributed by atoms with Gasteiger partial charge in [-0.05, 0) is 56.2 Å². The molecule has 0 radical (unpaired) electrons. The minimum atomic E-state index is -3.88. The van der Waals surface area contributed by atoms with E-state index in [9.17, 15) is 18.0 Å². The van der Waals surface area contributed by atoms with Crippen molar-refractivity contribution in [3.8, 4) is 11.5 Å². The number of ether oxygens (including phenoxy) is 2. The summed E-state index contributed by atoms with van der Waals surface area (Å²) in [5, 5.41) is 3.01. The largest absolute Gasteiger partial charge is 0.497 e. The highest BCUT2D eigenvalue weighted by Gasteiger charge is 2.34. The van der Waals surface area contributed by atoms with Crippen LogP contribution in [0, 0.1) is 0 Å². The van der Waals surface area contributed by atoms with Crippen molar-refractivity contribution in [2.75, 3.05) is 31.3 Å². The molecule has 0 saturated carbocycles. The van der Waals surface area contributed by atoms with E-state index in [1.807, 2.05) is 57.2 Å². The van der Waals surface area contributed by atoms with Crippen molar-refractivity contribution in [1.29, 1.82) is 0 Å². The number of carbonyl (C=O) groups excluding carboxylic acids is 2. The van der Waals surface area contributed by atoms with E-state index in [1.54, 1.807) is 49.6 Å². The van der Waals surface area contributed by atoms with Crippen LogP contribution < -0.4 is 19.1 Å². The van der Waals surface area contributed by atoms with Gasteiger partial charge in [0, 0.05) is 24.6 Å². The van der Waals surface area contributed by atoms with Gasteiger partial charge in [0.25, 0.3) is 0 Å². The van der Waals surface area contributed by atoms with E-state index in [0.717, 1.165) is 21.7 Å². The van der Waals surface area contributed by atoms with Gasteiger partial charge in [0.2, 0.25) is 21.8 Å². The molecule has 220 valence electrons. The van der Waals surface area contributed by atoms with Crippen molar-refractivity contribution in [3.63, 3.8) is 0 Å². The average molecular weight is 582 g/mol. The number of carbonyl (C=O) groups is 2. The first kappa shape index (κ1) is 31.5. The van der Waals surface area contributed by atoms with Gasteiger partial charge >= 0.3 is 0 Å². The molecule has 2 amide bonds. The molecule has 41 heavy (non-hydrogen) atoms. The Kier molecular flexibility index (Phi) is 10.4. The van der Waals surface area contributed by atoms with Crippen LogP contribution in [0.1, 0.15) is 31.9 Å². The third-order valence-corrected chi connectivity index (χ3v) is 7.42. The molecule has 3 aromatic carbocycles. The number of rotatable bonds is 12. The topological polar surface area (TPSA) is 105 Å². The highest BCUT2D eigenvalue weighted by atomic mass is 32.2. The van der Waals surface area contributed by atoms with E-state index in [1.165, 1.54) is 12.0 Å². The second-order valence-corrected chi connectivity index (χ2v) is 12.7. The Hall–Kier alpha value is -4.05. The second kappa shape index (κ2) is 13.5. The van der Waals surface area contributed by atoms with Crippen LogP contribution in [0.2, 0.25) is 0 Å². The predicted octanol–water partition coefficient (Wildman–Crippen LogP) is 4.02. The Morgan fingerprint density at radius 3 is 2.02 bits per heavy atom. The lowest BCUT2D eigenvalue weighted by Gasteiger charge is -2.35. The molecule has 0 aliphatic rings. The van der Waals surface area contributed by atoms with Gasteiger partial charge < -0.3 is 19.7 Å². The molecule has 1 atom stereocenters. The standard InChI is InChI=1S/C31H39N3O6S/c1-31(2,3)32-30(36)28(19-23-12-8-7-9-13-23)33(21-24-14-10-16-26(18-24)39-4)29(35)22-34(41(6,37)38)25-15-11-17-27(20-25)40-5/h7-18,20,28H,19,21-22H2,1-6H3,(H,32,36)/t28-/m1/s1. The molecule has 0 spiro atoms. The SMILES string of the molecule is COc1cccc(CN(C(=O)CN(c2cccc(OC)c2)S(C)(=O)=O)[C@H](Cc2ccccc2)C(=O)NC(C)(C)C)c1. The monoisotopic (exact) mass is 581 g/mol. The van der Waals surface area contributed by atoms with Crippen LogP contribution in [-0.4, -0.2) is 63.7 Å². The maximum atomic E-state index is 14.2. The first-order valence-electron chi connectivity index (χ1n) is 13.2. The van der Waals surface area contributed by atoms with Gasteiger partial charge in [-0.15, -0.1) is 0 Å². The molecule has 0 aromatic heterocycles. The van der Waals surface area contributed by atoms with Crippen LogP contribution in [0.15, 0.2) is 78.9 Å². The number of benzene rings is 3. The average Bonchev–Trinajstić information content (AvgIpc) is 2.92. The van der Waals surface area contributed by atoms with E-state index in [2.05, 4.69) is 5.32 Å². The van der Waals surface area contributed by atoms with Crippen LogP contribution in [0.3, 0.4) is 0 Å². The summed E-state index contributed by atoms with van der Waals surface area (Å²) >= 11 is 0. The molecule has 0 fully saturated rings. The van der Waals surface area contributed by atoms with Crippen molar-refractivity contribution < 1.29 is 27.5 Å². The predicted molar refractivity (Wildman–Crippen MR) is 161 cm³/mol. The lowest BCUT2D eigenvalue weighted by atomic mass is 10.0. The summed E-state index contributed by atoms with van der Waals surface area (Å²) in [4.78, 5) is 29.4. The summed E-state index contributed by atoms with van der Waals surface area (Å²) in [6.45, 7) is 5.15. The minimum Gasteiger partial charge on any atom is -0.497 e. The fourth-order valence-corrected chi connectivity index (χ4v) is 5.20. The quantitative estimate of drug-likeness (QED) is 0.346. The molecule has 10 heteroatoms. The van der Waals surface area contributed by atoms with E-state index in [4.69, 9.17) is 9.47 Å². The van der Waals surface area contributed by atoms with Crippen LogP contribution in [0.25, 0.3) is 0 Å². The first-order valence-corrected chi connectivity index (χ1v) is 15.1. The van der Waals surface area contributed by atoms with Crippen LogP contribution >= 0.6 is 0 Å². The zero-order chi connectivity index (χ0) is 30.2. The van der Waals surface area contributed by atoms with Crippen LogP contribution in [0.4, 0.5) is 5.69 Å². The zero-order valence-corrected chi connectivity index (χ0v) is 25.3. The number of sulfonamides is 1. The van der Waals surface area contributed by atoms with E-state index < -0.39 is 34.1 Å². The van der Waals surface area contributed by atoms with E-state index in [0.29, 0.717) is 11.5 Å². The Morgan fingerprint density at radius 1 is 0.854 bits per heavy atom. The Balaban J connectivity index is 2.09. The number of nitrogens with one attached hydrogen (secondary N) is 1. The third-order valence-electron chi connectivity index (χ3n) is 6.28. The zero-order valence-electron chi connectivity index (χ0n) is 24.5. The lowest BCUT2D eigenvalue weighted by Crippen LogP contribution is -2.56. The maximum Gasteiger partial charge on any atom is 0.244 e. The molecule has 0 saturated heterocycles. The smallest absolute Gasteiger partial charge is 0.244 e. The Morgan fingerprint density at radius 2 is 1.44 bits per heavy atom. The van der Waals surface area contributed by atoms with Crippen molar-refractivity contribution in [2.45, 2.75) is 45.3 Å². The van der Waals surface area contributed by atoms with Crippen molar-refractivity contribution in [1.82, 2.24) is 10.2 Å². The van der Waals surface area contributed by atoms with Gasteiger partial charge in [-0.1, -0.05) is 48.5 Å². The first-order chi connectivity index (χ1) is 19.3. The Bertz CT molecular complexity index is 1440. The molecule has 3 aromatic rings. The molecule has 0 aliphatic carbocycles. The second-order valence-electron chi connectivity index (χ2n) is 10.8. The van der Waals surface area contributed by atoms with Gasteiger partial charge in [-0.2, -0.15) is 0 Å². The van der Waals surface area contributed by atoms with Gasteiger partial charge in [-0.25, -0.2) is 8.42 Å². The number of hydrogen-bond acceptors (Lipinski definition) is 6. The number of methoxy groups -OCH3 is 2. The minimum absolute atomic E-state index is 0.0564. The van der Waals surface area contributed by atoms with Crippen molar-refractivity contribution in [2.24, 2.45) is 0 Å². The highest BCUT2D eigenvalue weighted by Crippen LogP contribution is 2.25. The van der Waals surface area contributed by atoms with Gasteiger partial charge in [0.1, 0.15) is 24.1 Å². The summed E-state index contributed by atoms with van der Waals surface area (Å²) in [6, 6.07) is 22.2. The number of nitrogens with zero attached hydrogens (tertiary/aromatic N) is 2. The molecule has 9 nitrogen and oxygen atoms in total. The molecule has 0 bridgehead atoms. The maximum absolute atomic E-state index is 14.2. The molecule has 0 heterocycles. The summed E-state index contributed by atoms with van der Waals surface area (Å²) < 4.78 is 37.5. The number of hydrogen-bond donors (Lipinski definition) is 1. The highest BCUT2D eigenvalue weighted by molar-refractivity contribution is 7.92. The fraction of sp³-hybridized carbons (Fsp3) is 0.355. The summed E-state index contributed by atoms with van der Waals surface area (Å²) in [6.07, 6.45) is 1.27. The molecular weight excluding hydrogens is 542 g/mol.